The second kappa shape index (κ2) is 33.3. The highest BCUT2D eigenvalue weighted by Gasteiger charge is 2.38. The lowest BCUT2D eigenvalue weighted by Gasteiger charge is -2.28. The second-order valence-electron chi connectivity index (χ2n) is 33.0. The number of alkyl halides is 1. The molecule has 2 aliphatic carbocycles. The Balaban J connectivity index is 0.000000129. The molecule has 0 saturated carbocycles. The van der Waals surface area contributed by atoms with Crippen LogP contribution in [0.5, 0.6) is 0 Å². The number of hydrogen-bond acceptors (Lipinski definition) is 5. The first-order valence-corrected chi connectivity index (χ1v) is 44.7. The Kier molecular flexibility index (Phi) is 21.6. The predicted octanol–water partition coefficient (Wildman–Crippen LogP) is 29.4. The van der Waals surface area contributed by atoms with Crippen molar-refractivity contribution in [3.63, 3.8) is 0 Å². The minimum absolute atomic E-state index is 0.0501. The molecule has 124 heavy (non-hydrogen) atoms. The highest BCUT2D eigenvalue weighted by molar-refractivity contribution is 9.10. The molecule has 20 aromatic rings. The van der Waals surface area contributed by atoms with Crippen LogP contribution in [0.3, 0.4) is 0 Å². The summed E-state index contributed by atoms with van der Waals surface area (Å²) in [6.45, 7) is 6.57. The van der Waals surface area contributed by atoms with E-state index in [0.717, 1.165) is 66.1 Å². The van der Waals surface area contributed by atoms with Crippen molar-refractivity contribution in [2.45, 2.75) is 38.5 Å². The number of para-hydroxylation sites is 4. The zero-order chi connectivity index (χ0) is 85.0. The molecule has 2 aromatic heterocycles. The lowest BCUT2D eigenvalue weighted by atomic mass is 9.80. The van der Waals surface area contributed by atoms with Crippen molar-refractivity contribution in [2.75, 3.05) is 16.2 Å². The molecule has 0 spiro atoms. The molecular weight excluding hydrogens is 1600 g/mol. The van der Waals surface area contributed by atoms with Crippen molar-refractivity contribution in [1.82, 2.24) is 9.13 Å². The van der Waals surface area contributed by atoms with Crippen LogP contribution in [-0.2, 0) is 10.8 Å². The molecule has 594 valence electrons. The second-order valence-corrected chi connectivity index (χ2v) is 36.0. The molecule has 7 nitrogen and oxygen atoms in total. The van der Waals surface area contributed by atoms with E-state index in [1.165, 1.54) is 127 Å². The van der Waals surface area contributed by atoms with E-state index in [0.29, 0.717) is 5.46 Å². The number of nitrogens with zero attached hydrogens (tertiary/aromatic N) is 4. The summed E-state index contributed by atoms with van der Waals surface area (Å²) in [5, 5.41) is 35.0. The van der Waals surface area contributed by atoms with Gasteiger partial charge in [-0.05, 0) is 244 Å². The van der Waals surface area contributed by atoms with Gasteiger partial charge in [-0.2, -0.15) is 0 Å². The number of aromatic nitrogens is 2. The van der Waals surface area contributed by atoms with Gasteiger partial charge in [0.15, 0.2) is 0 Å². The smallest absolute Gasteiger partial charge is 0.423 e. The maximum Gasteiger partial charge on any atom is 0.488 e. The summed E-state index contributed by atoms with van der Waals surface area (Å²) in [7, 11) is 7.98. The Morgan fingerprint density at radius 2 is 0.637 bits per heavy atom. The van der Waals surface area contributed by atoms with E-state index >= 15 is 0 Å². The molecule has 18 aromatic carbocycles. The number of hydrogen-bond donors (Lipinski definition) is 3. The summed E-state index contributed by atoms with van der Waals surface area (Å²) >= 11 is 3.62. The van der Waals surface area contributed by atoms with Gasteiger partial charge in [0, 0.05) is 82.3 Å². The molecule has 0 amide bonds. The summed E-state index contributed by atoms with van der Waals surface area (Å²) < 4.78 is 16.7. The lowest BCUT2D eigenvalue weighted by Crippen LogP contribution is -2.29. The molecule has 0 unspecified atom stereocenters. The Labute approximate surface area is 734 Å². The van der Waals surface area contributed by atoms with Crippen molar-refractivity contribution >= 4 is 150 Å². The number of nitrogens with one attached hydrogen (secondary N) is 1. The summed E-state index contributed by atoms with van der Waals surface area (Å²) in [6.07, 6.45) is -0.896. The molecule has 0 fully saturated rings. The van der Waals surface area contributed by atoms with Crippen LogP contribution >= 0.6 is 22.7 Å². The number of rotatable bonds is 13. The number of benzene rings is 18. The normalized spacial score (nSPS) is 12.6. The van der Waals surface area contributed by atoms with E-state index in [4.69, 9.17) is 20.3 Å². The minimum atomic E-state index is -2.81. The van der Waals surface area contributed by atoms with Crippen LogP contribution in [0.25, 0.3) is 132 Å². The Bertz CT molecular complexity index is 7450. The quantitative estimate of drug-likeness (QED) is 0.0794. The van der Waals surface area contributed by atoms with Crippen molar-refractivity contribution < 1.29 is 14.4 Å². The van der Waals surface area contributed by atoms with Crippen molar-refractivity contribution in [1.29, 1.82) is 5.16 Å². The predicted molar refractivity (Wildman–Crippen MR) is 528 cm³/mol. The first kappa shape index (κ1) is 80.2. The van der Waals surface area contributed by atoms with Gasteiger partial charge in [0.2, 0.25) is 0 Å². The van der Waals surface area contributed by atoms with Gasteiger partial charge in [0.1, 0.15) is 21.5 Å². The molecule has 4 radical (unpaired) electrons. The summed E-state index contributed by atoms with van der Waals surface area (Å²) in [6, 6.07) is 148. The molecule has 2 aliphatic rings. The summed E-state index contributed by atoms with van der Waals surface area (Å²) in [4.78, 5) is 4.77. The molecule has 0 atom stereocenters. The van der Waals surface area contributed by atoms with E-state index in [-0.39, 0.29) is 10.8 Å². The van der Waals surface area contributed by atoms with Crippen LogP contribution < -0.4 is 15.3 Å². The highest BCUT2D eigenvalue weighted by Crippen LogP contribution is 2.53. The summed E-state index contributed by atoms with van der Waals surface area (Å²) in [5.41, 5.74) is 32.2. The van der Waals surface area contributed by atoms with E-state index in [9.17, 15) is 14.4 Å². The van der Waals surface area contributed by atoms with Gasteiger partial charge in [-0.25, -0.2) is 4.39 Å². The minimum Gasteiger partial charge on any atom is -0.423 e. The average molecular weight is 1680 g/mol. The van der Waals surface area contributed by atoms with Gasteiger partial charge in [0.25, 0.3) is 0 Å². The van der Waals surface area contributed by atoms with Crippen LogP contribution in [0.4, 0.5) is 38.5 Å². The van der Waals surface area contributed by atoms with Gasteiger partial charge in [-0.1, -0.05) is 323 Å². The lowest BCUT2D eigenvalue weighted by molar-refractivity contribution is 0.426. The van der Waals surface area contributed by atoms with E-state index in [1.807, 2.05) is 42.5 Å². The van der Waals surface area contributed by atoms with Crippen molar-refractivity contribution in [3.05, 3.63) is 439 Å². The van der Waals surface area contributed by atoms with E-state index in [2.05, 4.69) is 427 Å². The molecular formula is C111H85B3BrFN5O2P. The highest BCUT2D eigenvalue weighted by atomic mass is 79.9. The first-order valence-electron chi connectivity index (χ1n) is 41.8. The molecule has 22 rings (SSSR count). The fraction of sp³-hybridized carbons (Fsp3) is 0.0631. The Hall–Kier alpha value is -13.6. The molecule has 2 heterocycles. The van der Waals surface area contributed by atoms with Gasteiger partial charge in [-0.3, -0.25) is 0 Å². The van der Waals surface area contributed by atoms with Crippen LogP contribution in [0, 0.1) is 5.16 Å². The van der Waals surface area contributed by atoms with Gasteiger partial charge < -0.3 is 34.1 Å². The van der Waals surface area contributed by atoms with Crippen LogP contribution in [0.2, 0.25) is 0 Å². The van der Waals surface area contributed by atoms with Gasteiger partial charge >= 0.3 is 7.12 Å². The van der Waals surface area contributed by atoms with Crippen molar-refractivity contribution in [3.8, 4) is 67.0 Å². The number of anilines is 6. The monoisotopic (exact) mass is 1680 g/mol. The Morgan fingerprint density at radius 1 is 0.315 bits per heavy atom. The molecule has 0 aliphatic heterocycles. The third-order valence-electron chi connectivity index (χ3n) is 24.5. The fourth-order valence-corrected chi connectivity index (χ4v) is 18.8. The maximum atomic E-state index is 11.1. The largest absolute Gasteiger partial charge is 0.488 e. The standard InChI is InChI=1S/C55H40N2.C37H28BrN.C18H14BNO2.CH3B2FNP/c1-55(2)51-21-10-8-18-47(51)48-33-32-44(36-52(48)55)56(43-30-25-39(26-31-43)46-20-12-14-38-13-6-7-17-45(38)46)42-28-23-37(24-29-42)40-27-34-54-50(35-40)49-19-9-11-22-53(49)57(54)41-15-4-3-5-16-41;1-37(2)35-13-6-5-11-33(35)34-23-22-30(24-36(34)37)39(29-20-16-27(38)17-21-29)28-18-14-26(15-19-28)32-12-7-9-25-8-3-4-10-31(25)32;21-19(22)13-10-11-18-16(12-13)15-8-4-5-9-17(15)20(18)14-6-2-1-3-7-14;2-6(3,5)1-4/h3-36H,1-2H3;3-24H,1-2H3;1-12,21-22H;5H,1H2. The van der Waals surface area contributed by atoms with Crippen molar-refractivity contribution in [2.24, 2.45) is 0 Å². The van der Waals surface area contributed by atoms with Gasteiger partial charge in [-0.15, -0.1) is 0 Å². The zero-order valence-corrected chi connectivity index (χ0v) is 71.6. The van der Waals surface area contributed by atoms with Crippen LogP contribution in [-0.4, -0.2) is 47.8 Å². The third kappa shape index (κ3) is 15.1. The first-order chi connectivity index (χ1) is 60.3. The van der Waals surface area contributed by atoms with Crippen LogP contribution in [0.15, 0.2) is 417 Å². The maximum absolute atomic E-state index is 11.1. The SMILES string of the molecule is CC1(C)c2ccccc2-c2ccc(N(c3ccc(-c4ccc5c(c4)c4ccccc4n5-c4ccccc4)cc3)c3ccc(-c4cccc5ccccc45)cc3)cc21.CC1(C)c2ccccc2-c2ccc(N(c3ccc(Br)cc3)c3ccc(-c4cccc5ccccc45)cc3)cc21.OB(O)c1ccc2c(c1)c1ccccc1n2-c1ccccc1.[B]P([B])(=N)CF. The summed E-state index contributed by atoms with van der Waals surface area (Å²) in [5.74, 6) is 0. The molecule has 0 saturated heterocycles. The molecule has 13 heteroatoms. The molecule has 0 bridgehead atoms. The fourth-order valence-electron chi connectivity index (χ4n) is 18.5. The number of halogens is 2. The topological polar surface area (TPSA) is 80.7 Å². The van der Waals surface area contributed by atoms with Crippen LogP contribution in [0.1, 0.15) is 49.9 Å². The number of fused-ring (bicyclic) bond motifs is 14. The molecule has 3 N–H and O–H groups in total. The third-order valence-corrected chi connectivity index (χ3v) is 25.5. The van der Waals surface area contributed by atoms with E-state index in [1.54, 1.807) is 6.07 Å². The van der Waals surface area contributed by atoms with Gasteiger partial charge in [0.05, 0.1) is 22.1 Å². The average Bonchev–Trinajstić information content (AvgIpc) is 1.74. The zero-order valence-electron chi connectivity index (χ0n) is 69.1. The Morgan fingerprint density at radius 3 is 1.07 bits per heavy atom. The van der Waals surface area contributed by atoms with E-state index < -0.39 is 20.3 Å².